The van der Waals surface area contributed by atoms with Crippen LogP contribution in [0.15, 0.2) is 23.1 Å². The van der Waals surface area contributed by atoms with Gasteiger partial charge in [0.2, 0.25) is 10.0 Å². The molecular formula is C25H36N2O5S. The maximum atomic E-state index is 13.5. The van der Waals surface area contributed by atoms with E-state index in [-0.39, 0.29) is 27.8 Å². The third-order valence-electron chi connectivity index (χ3n) is 8.56. The van der Waals surface area contributed by atoms with Crippen LogP contribution in [0.4, 0.5) is 0 Å². The second-order valence-corrected chi connectivity index (χ2v) is 12.5. The molecule has 182 valence electrons. The first-order chi connectivity index (χ1) is 15.8. The summed E-state index contributed by atoms with van der Waals surface area (Å²) in [6.45, 7) is 3.55. The van der Waals surface area contributed by atoms with Crippen LogP contribution in [-0.2, 0) is 14.8 Å². The number of carbonyl (C=O) groups is 1. The summed E-state index contributed by atoms with van der Waals surface area (Å²) in [6, 6.07) is 4.69. The maximum absolute atomic E-state index is 13.5. The smallest absolute Gasteiger partial charge is 0.255 e. The molecule has 33 heavy (non-hydrogen) atoms. The Hall–Kier alpha value is -1.64. The fourth-order valence-corrected chi connectivity index (χ4v) is 8.92. The third kappa shape index (κ3) is 4.19. The molecule has 1 N–H and O–H groups in total. The van der Waals surface area contributed by atoms with E-state index in [0.717, 1.165) is 24.2 Å². The Balaban J connectivity index is 1.40. The molecule has 5 aliphatic rings. The number of nitrogens with one attached hydrogen (secondary N) is 1. The quantitative estimate of drug-likeness (QED) is 0.652. The van der Waals surface area contributed by atoms with Gasteiger partial charge in [-0.15, -0.1) is 0 Å². The Morgan fingerprint density at radius 3 is 2.30 bits per heavy atom. The van der Waals surface area contributed by atoms with Gasteiger partial charge in [0.25, 0.3) is 5.91 Å². The lowest BCUT2D eigenvalue weighted by Crippen LogP contribution is -2.56. The van der Waals surface area contributed by atoms with Gasteiger partial charge in [0.15, 0.2) is 0 Å². The van der Waals surface area contributed by atoms with Crippen LogP contribution in [0.25, 0.3) is 0 Å². The minimum absolute atomic E-state index is 0.0996. The summed E-state index contributed by atoms with van der Waals surface area (Å²) in [7, 11) is -2.18. The summed E-state index contributed by atoms with van der Waals surface area (Å²) in [6.07, 6.45) is 8.59. The third-order valence-corrected chi connectivity index (χ3v) is 10.5. The predicted octanol–water partition coefficient (Wildman–Crippen LogP) is 3.44. The van der Waals surface area contributed by atoms with Crippen LogP contribution in [0.3, 0.4) is 0 Å². The molecule has 5 fully saturated rings. The molecule has 1 aliphatic heterocycles. The molecular weight excluding hydrogens is 440 g/mol. The van der Waals surface area contributed by atoms with Gasteiger partial charge in [0.1, 0.15) is 5.75 Å². The lowest BCUT2D eigenvalue weighted by molar-refractivity contribution is -0.0727. The SMILES string of the molecule is CC[C@H](NC(=O)c1cc(S(=O)(=O)N2CCOCC2)ccc1OC)C12CC3CC(CC(C3)C1)C2. The van der Waals surface area contributed by atoms with Crippen LogP contribution >= 0.6 is 0 Å². The van der Waals surface area contributed by atoms with Gasteiger partial charge in [-0.1, -0.05) is 6.92 Å². The second kappa shape index (κ2) is 8.86. The van der Waals surface area contributed by atoms with Gasteiger partial charge < -0.3 is 14.8 Å². The summed E-state index contributed by atoms with van der Waals surface area (Å²) >= 11 is 0. The number of methoxy groups -OCH3 is 1. The number of hydrogen-bond acceptors (Lipinski definition) is 5. The average molecular weight is 477 g/mol. The van der Waals surface area contributed by atoms with Gasteiger partial charge in [0, 0.05) is 19.1 Å². The normalized spacial score (nSPS) is 32.5. The Kier molecular flexibility index (Phi) is 6.20. The molecule has 4 bridgehead atoms. The molecule has 0 unspecified atom stereocenters. The van der Waals surface area contributed by atoms with Crippen molar-refractivity contribution < 1.29 is 22.7 Å². The molecule has 7 nitrogen and oxygen atoms in total. The topological polar surface area (TPSA) is 84.9 Å². The summed E-state index contributed by atoms with van der Waals surface area (Å²) in [5.41, 5.74) is 0.471. The van der Waals surface area contributed by atoms with Crippen LogP contribution in [0.5, 0.6) is 5.75 Å². The van der Waals surface area contributed by atoms with Crippen molar-refractivity contribution >= 4 is 15.9 Å². The first-order valence-corrected chi connectivity index (χ1v) is 13.9. The maximum Gasteiger partial charge on any atom is 0.255 e. The van der Waals surface area contributed by atoms with Crippen molar-refractivity contribution in [3.63, 3.8) is 0 Å². The first-order valence-electron chi connectivity index (χ1n) is 12.4. The number of morpholine rings is 1. The number of amides is 1. The highest BCUT2D eigenvalue weighted by atomic mass is 32.2. The van der Waals surface area contributed by atoms with Crippen molar-refractivity contribution in [2.75, 3.05) is 33.4 Å². The summed E-state index contributed by atoms with van der Waals surface area (Å²) in [4.78, 5) is 13.6. The highest BCUT2D eigenvalue weighted by Crippen LogP contribution is 2.61. The van der Waals surface area contributed by atoms with E-state index in [4.69, 9.17) is 9.47 Å². The van der Waals surface area contributed by atoms with Crippen LogP contribution in [0.2, 0.25) is 0 Å². The number of ether oxygens (including phenoxy) is 2. The van der Waals surface area contributed by atoms with E-state index < -0.39 is 10.0 Å². The van der Waals surface area contributed by atoms with Crippen molar-refractivity contribution in [1.82, 2.24) is 9.62 Å². The molecule has 1 amide bonds. The van der Waals surface area contributed by atoms with E-state index in [1.54, 1.807) is 6.07 Å². The number of carbonyl (C=O) groups excluding carboxylic acids is 1. The Morgan fingerprint density at radius 1 is 1.15 bits per heavy atom. The minimum atomic E-state index is -3.70. The molecule has 1 atom stereocenters. The van der Waals surface area contributed by atoms with E-state index in [1.807, 2.05) is 0 Å². The molecule has 1 aromatic rings. The number of nitrogens with zero attached hydrogens (tertiary/aromatic N) is 1. The number of sulfonamides is 1. The van der Waals surface area contributed by atoms with Gasteiger partial charge in [-0.3, -0.25) is 4.79 Å². The first kappa shape index (κ1) is 23.1. The van der Waals surface area contributed by atoms with Crippen molar-refractivity contribution in [2.24, 2.45) is 23.2 Å². The van der Waals surface area contributed by atoms with E-state index in [9.17, 15) is 13.2 Å². The Labute approximate surface area is 197 Å². The highest BCUT2D eigenvalue weighted by molar-refractivity contribution is 7.89. The zero-order valence-electron chi connectivity index (χ0n) is 19.7. The fraction of sp³-hybridized carbons (Fsp3) is 0.720. The molecule has 1 aromatic carbocycles. The number of benzene rings is 1. The average Bonchev–Trinajstić information content (AvgIpc) is 2.81. The summed E-state index contributed by atoms with van der Waals surface area (Å²) in [5, 5.41) is 3.33. The monoisotopic (exact) mass is 476 g/mol. The Bertz CT molecular complexity index is 967. The summed E-state index contributed by atoms with van der Waals surface area (Å²) in [5.74, 6) is 2.57. The van der Waals surface area contributed by atoms with Crippen LogP contribution in [-0.4, -0.2) is 58.1 Å². The predicted molar refractivity (Wildman–Crippen MR) is 125 cm³/mol. The lowest BCUT2D eigenvalue weighted by Gasteiger charge is -2.59. The molecule has 6 rings (SSSR count). The highest BCUT2D eigenvalue weighted by Gasteiger charge is 2.54. The molecule has 0 spiro atoms. The van der Waals surface area contributed by atoms with Crippen molar-refractivity contribution in [1.29, 1.82) is 0 Å². The zero-order chi connectivity index (χ0) is 23.2. The largest absolute Gasteiger partial charge is 0.496 e. The minimum Gasteiger partial charge on any atom is -0.496 e. The molecule has 1 saturated heterocycles. The van der Waals surface area contributed by atoms with Crippen LogP contribution < -0.4 is 10.1 Å². The Morgan fingerprint density at radius 2 is 1.76 bits per heavy atom. The second-order valence-electron chi connectivity index (χ2n) is 10.6. The zero-order valence-corrected chi connectivity index (χ0v) is 20.5. The molecule has 0 aromatic heterocycles. The molecule has 0 radical (unpaired) electrons. The van der Waals surface area contributed by atoms with Crippen molar-refractivity contribution in [3.8, 4) is 5.75 Å². The summed E-state index contributed by atoms with van der Waals surface area (Å²) < 4.78 is 38.5. The van der Waals surface area contributed by atoms with E-state index in [1.165, 1.54) is 62.1 Å². The molecule has 1 heterocycles. The van der Waals surface area contributed by atoms with Gasteiger partial charge in [-0.25, -0.2) is 8.42 Å². The van der Waals surface area contributed by atoms with Gasteiger partial charge >= 0.3 is 0 Å². The lowest BCUT2D eigenvalue weighted by atomic mass is 9.47. The molecule has 4 aliphatic carbocycles. The van der Waals surface area contributed by atoms with E-state index >= 15 is 0 Å². The molecule has 8 heteroatoms. The standard InChI is InChI=1S/C25H36N2O5S/c1-3-23(25-14-17-10-18(15-25)12-19(11-17)16-25)26-24(28)21-13-20(4-5-22(21)31-2)33(29,30)27-6-8-32-9-7-27/h4-5,13,17-19,23H,3,6-12,14-16H2,1-2H3,(H,26,28)/t17?,18?,19?,23-,25?/m0/s1. The number of hydrogen-bond donors (Lipinski definition) is 1. The van der Waals surface area contributed by atoms with E-state index in [2.05, 4.69) is 12.2 Å². The number of rotatable bonds is 7. The van der Waals surface area contributed by atoms with Gasteiger partial charge in [-0.2, -0.15) is 4.31 Å². The van der Waals surface area contributed by atoms with Crippen LogP contribution in [0, 0.1) is 23.2 Å². The van der Waals surface area contributed by atoms with Gasteiger partial charge in [0.05, 0.1) is 30.8 Å². The van der Waals surface area contributed by atoms with Gasteiger partial charge in [-0.05, 0) is 86.3 Å². The van der Waals surface area contributed by atoms with Crippen molar-refractivity contribution in [2.45, 2.75) is 62.8 Å². The fourth-order valence-electron chi connectivity index (χ4n) is 7.49. The molecule has 4 saturated carbocycles. The van der Waals surface area contributed by atoms with Crippen LogP contribution in [0.1, 0.15) is 62.2 Å². The van der Waals surface area contributed by atoms with Crippen molar-refractivity contribution in [3.05, 3.63) is 23.8 Å². The van der Waals surface area contributed by atoms with E-state index in [0.29, 0.717) is 32.1 Å².